The van der Waals surface area contributed by atoms with E-state index >= 15 is 0 Å². The highest BCUT2D eigenvalue weighted by atomic mass is 35.5. The van der Waals surface area contributed by atoms with Crippen LogP contribution in [0.15, 0.2) is 48.8 Å². The Kier molecular flexibility index (Phi) is 5.65. The highest BCUT2D eigenvalue weighted by Crippen LogP contribution is 2.38. The minimum Gasteiger partial charge on any atom is -0.465 e. The third kappa shape index (κ3) is 3.86. The molecule has 1 aromatic heterocycles. The topological polar surface area (TPSA) is 87.3 Å². The van der Waals surface area contributed by atoms with Crippen molar-refractivity contribution >= 4 is 40.9 Å². The molecule has 0 bridgehead atoms. The molecule has 0 spiro atoms. The molecule has 0 aliphatic carbocycles. The summed E-state index contributed by atoms with van der Waals surface area (Å²) in [5, 5.41) is 3.82. The van der Waals surface area contributed by atoms with Gasteiger partial charge in [-0.05, 0) is 35.9 Å². The number of urea groups is 1. The monoisotopic (exact) mass is 444 g/mol. The quantitative estimate of drug-likeness (QED) is 0.573. The van der Waals surface area contributed by atoms with E-state index in [4.69, 9.17) is 27.9 Å². The number of halogens is 2. The van der Waals surface area contributed by atoms with E-state index in [0.29, 0.717) is 34.3 Å². The van der Waals surface area contributed by atoms with E-state index in [-0.39, 0.29) is 6.03 Å². The standard InChI is InChI=1S/C21H18Cl2N4O3/c1-30-20(28)12-3-2-4-14(9-12)26-21(29)27-8-7-17-18(25-11-24-17)19(27)15-6-5-13(22)10-16(15)23/h2-6,9-11,19H,7-8H2,1H3,(H,24,25)(H,26,29)/t19-/m0/s1. The second-order valence-electron chi connectivity index (χ2n) is 6.78. The van der Waals surface area contributed by atoms with Gasteiger partial charge < -0.3 is 19.9 Å². The number of esters is 1. The number of aromatic amines is 1. The molecule has 1 aliphatic heterocycles. The number of nitrogens with one attached hydrogen (secondary N) is 2. The number of aromatic nitrogens is 2. The Morgan fingerprint density at radius 1 is 1.23 bits per heavy atom. The van der Waals surface area contributed by atoms with Crippen molar-refractivity contribution in [1.82, 2.24) is 14.9 Å². The van der Waals surface area contributed by atoms with Crippen LogP contribution in [0.1, 0.15) is 33.4 Å². The molecule has 0 unspecified atom stereocenters. The normalized spacial score (nSPS) is 15.4. The number of amides is 2. The van der Waals surface area contributed by atoms with Crippen molar-refractivity contribution in [2.45, 2.75) is 12.5 Å². The van der Waals surface area contributed by atoms with Crippen LogP contribution < -0.4 is 5.32 Å². The summed E-state index contributed by atoms with van der Waals surface area (Å²) in [5.41, 5.74) is 3.26. The molecule has 2 N–H and O–H groups in total. The number of methoxy groups -OCH3 is 1. The molecule has 154 valence electrons. The van der Waals surface area contributed by atoms with Crippen LogP contribution in [0.5, 0.6) is 0 Å². The molecule has 2 amide bonds. The predicted octanol–water partition coefficient (Wildman–Crippen LogP) is 4.68. The van der Waals surface area contributed by atoms with Crippen molar-refractivity contribution in [2.24, 2.45) is 0 Å². The van der Waals surface area contributed by atoms with Gasteiger partial charge in [-0.25, -0.2) is 14.6 Å². The summed E-state index contributed by atoms with van der Waals surface area (Å²) in [7, 11) is 1.31. The summed E-state index contributed by atoms with van der Waals surface area (Å²) in [6.07, 6.45) is 2.25. The number of carbonyl (C=O) groups is 2. The summed E-state index contributed by atoms with van der Waals surface area (Å²) in [4.78, 5) is 34.2. The average molecular weight is 445 g/mol. The number of imidazole rings is 1. The highest BCUT2D eigenvalue weighted by Gasteiger charge is 2.35. The van der Waals surface area contributed by atoms with Crippen molar-refractivity contribution in [3.63, 3.8) is 0 Å². The van der Waals surface area contributed by atoms with Crippen LogP contribution in [-0.4, -0.2) is 40.5 Å². The van der Waals surface area contributed by atoms with Gasteiger partial charge in [-0.15, -0.1) is 0 Å². The molecule has 1 atom stereocenters. The van der Waals surface area contributed by atoms with Gasteiger partial charge in [0.15, 0.2) is 0 Å². The lowest BCUT2D eigenvalue weighted by molar-refractivity contribution is 0.0600. The lowest BCUT2D eigenvalue weighted by Crippen LogP contribution is -2.43. The Balaban J connectivity index is 1.67. The van der Waals surface area contributed by atoms with Gasteiger partial charge in [0.2, 0.25) is 0 Å². The number of hydrogen-bond acceptors (Lipinski definition) is 4. The molecular weight excluding hydrogens is 427 g/mol. The zero-order chi connectivity index (χ0) is 21.3. The number of benzene rings is 2. The van der Waals surface area contributed by atoms with Crippen molar-refractivity contribution in [2.75, 3.05) is 19.0 Å². The Labute approximate surface area is 183 Å². The molecule has 2 aromatic carbocycles. The van der Waals surface area contributed by atoms with Gasteiger partial charge in [0.25, 0.3) is 0 Å². The number of fused-ring (bicyclic) bond motifs is 1. The predicted molar refractivity (Wildman–Crippen MR) is 114 cm³/mol. The number of ether oxygens (including phenoxy) is 1. The van der Waals surface area contributed by atoms with Gasteiger partial charge >= 0.3 is 12.0 Å². The van der Waals surface area contributed by atoms with Crippen molar-refractivity contribution < 1.29 is 14.3 Å². The van der Waals surface area contributed by atoms with Crippen LogP contribution in [-0.2, 0) is 11.2 Å². The first-order valence-corrected chi connectivity index (χ1v) is 9.96. The first kappa shape index (κ1) is 20.3. The lowest BCUT2D eigenvalue weighted by atomic mass is 9.96. The molecule has 30 heavy (non-hydrogen) atoms. The van der Waals surface area contributed by atoms with Gasteiger partial charge in [-0.2, -0.15) is 0 Å². The first-order chi connectivity index (χ1) is 14.5. The second-order valence-corrected chi connectivity index (χ2v) is 7.62. The van der Waals surface area contributed by atoms with Crippen LogP contribution in [0.4, 0.5) is 10.5 Å². The number of hydrogen-bond donors (Lipinski definition) is 2. The fourth-order valence-electron chi connectivity index (χ4n) is 3.57. The van der Waals surface area contributed by atoms with Crippen molar-refractivity contribution in [3.05, 3.63) is 81.4 Å². The number of carbonyl (C=O) groups excluding carboxylic acids is 2. The van der Waals surface area contributed by atoms with Crippen LogP contribution in [0.25, 0.3) is 0 Å². The number of nitrogens with zero attached hydrogens (tertiary/aromatic N) is 2. The summed E-state index contributed by atoms with van der Waals surface area (Å²) in [5.74, 6) is -0.476. The van der Waals surface area contributed by atoms with Gasteiger partial charge in [0, 0.05) is 34.4 Å². The third-order valence-electron chi connectivity index (χ3n) is 4.98. The molecule has 7 nitrogen and oxygen atoms in total. The zero-order valence-corrected chi connectivity index (χ0v) is 17.5. The van der Waals surface area contributed by atoms with E-state index in [1.807, 2.05) is 0 Å². The van der Waals surface area contributed by atoms with E-state index in [9.17, 15) is 9.59 Å². The van der Waals surface area contributed by atoms with Crippen molar-refractivity contribution in [3.8, 4) is 0 Å². The van der Waals surface area contributed by atoms with Gasteiger partial charge in [0.05, 0.1) is 24.7 Å². The van der Waals surface area contributed by atoms with Gasteiger partial charge in [0.1, 0.15) is 6.04 Å². The molecule has 3 aromatic rings. The smallest absolute Gasteiger partial charge is 0.337 e. The van der Waals surface area contributed by atoms with E-state index < -0.39 is 12.0 Å². The van der Waals surface area contributed by atoms with E-state index in [1.165, 1.54) is 7.11 Å². The second kappa shape index (κ2) is 8.38. The van der Waals surface area contributed by atoms with E-state index in [2.05, 4.69) is 15.3 Å². The van der Waals surface area contributed by atoms with Gasteiger partial charge in [-0.3, -0.25) is 0 Å². The summed E-state index contributed by atoms with van der Waals surface area (Å²) in [6, 6.07) is 10.9. The van der Waals surface area contributed by atoms with Crippen LogP contribution >= 0.6 is 23.2 Å². The number of H-pyrrole nitrogens is 1. The highest BCUT2D eigenvalue weighted by molar-refractivity contribution is 6.35. The summed E-state index contributed by atoms with van der Waals surface area (Å²) < 4.78 is 4.74. The third-order valence-corrected chi connectivity index (χ3v) is 5.54. The Morgan fingerprint density at radius 2 is 2.07 bits per heavy atom. The minimum absolute atomic E-state index is 0.332. The Hall–Kier alpha value is -3.03. The van der Waals surface area contributed by atoms with E-state index in [1.54, 1.807) is 53.7 Å². The molecule has 1 aliphatic rings. The Morgan fingerprint density at radius 3 is 2.83 bits per heavy atom. The lowest BCUT2D eigenvalue weighted by Gasteiger charge is -2.35. The number of anilines is 1. The average Bonchev–Trinajstić information content (AvgIpc) is 3.22. The SMILES string of the molecule is COC(=O)c1cccc(NC(=O)N2CCc3[nH]cnc3[C@@H]2c2ccc(Cl)cc2Cl)c1. The van der Waals surface area contributed by atoms with Gasteiger partial charge in [-0.1, -0.05) is 35.3 Å². The molecule has 0 saturated heterocycles. The van der Waals surface area contributed by atoms with Crippen LogP contribution in [0.2, 0.25) is 10.0 Å². The van der Waals surface area contributed by atoms with Crippen molar-refractivity contribution in [1.29, 1.82) is 0 Å². The molecule has 0 radical (unpaired) electrons. The molecule has 0 saturated carbocycles. The number of rotatable bonds is 3. The van der Waals surface area contributed by atoms with Crippen LogP contribution in [0.3, 0.4) is 0 Å². The largest absolute Gasteiger partial charge is 0.465 e. The molecule has 4 rings (SSSR count). The minimum atomic E-state index is -0.478. The molecule has 0 fully saturated rings. The summed E-state index contributed by atoms with van der Waals surface area (Å²) in [6.45, 7) is 0.460. The Bertz CT molecular complexity index is 1120. The van der Waals surface area contributed by atoms with Crippen LogP contribution in [0, 0.1) is 0 Å². The fourth-order valence-corrected chi connectivity index (χ4v) is 4.08. The van der Waals surface area contributed by atoms with E-state index in [0.717, 1.165) is 17.0 Å². The zero-order valence-electron chi connectivity index (χ0n) is 16.0. The molecule has 2 heterocycles. The molecular formula is C21H18Cl2N4O3. The maximum absolute atomic E-state index is 13.2. The maximum Gasteiger partial charge on any atom is 0.337 e. The maximum atomic E-state index is 13.2. The first-order valence-electron chi connectivity index (χ1n) is 9.21. The summed E-state index contributed by atoms with van der Waals surface area (Å²) >= 11 is 12.5. The molecule has 9 heteroatoms. The fraction of sp³-hybridized carbons (Fsp3) is 0.190.